The number of phenolic OH excluding ortho intramolecular Hbond substituents is 1. The minimum Gasteiger partial charge on any atom is -0.504 e. The summed E-state index contributed by atoms with van der Waals surface area (Å²) < 4.78 is 5.06. The second-order valence-corrected chi connectivity index (χ2v) is 4.92. The van der Waals surface area contributed by atoms with Crippen molar-refractivity contribution in [1.29, 1.82) is 0 Å². The molecule has 1 heterocycles. The molecule has 0 aromatic heterocycles. The number of fused-ring (bicyclic) bond motifs is 1. The van der Waals surface area contributed by atoms with Crippen LogP contribution in [-0.4, -0.2) is 17.1 Å². The van der Waals surface area contributed by atoms with Crippen molar-refractivity contribution in [3.8, 4) is 11.5 Å². The van der Waals surface area contributed by atoms with E-state index in [9.17, 15) is 5.11 Å². The van der Waals surface area contributed by atoms with E-state index in [0.717, 1.165) is 25.2 Å². The van der Waals surface area contributed by atoms with Crippen molar-refractivity contribution in [1.82, 2.24) is 4.90 Å². The summed E-state index contributed by atoms with van der Waals surface area (Å²) in [6.07, 6.45) is 0. The maximum atomic E-state index is 9.80. The van der Waals surface area contributed by atoms with Crippen molar-refractivity contribution in [2.24, 2.45) is 0 Å². The van der Waals surface area contributed by atoms with E-state index >= 15 is 0 Å². The van der Waals surface area contributed by atoms with Crippen LogP contribution in [0.25, 0.3) is 0 Å². The van der Waals surface area contributed by atoms with Crippen molar-refractivity contribution >= 4 is 0 Å². The summed E-state index contributed by atoms with van der Waals surface area (Å²) in [4.78, 5) is 2.37. The van der Waals surface area contributed by atoms with Crippen LogP contribution in [0.2, 0.25) is 0 Å². The summed E-state index contributed by atoms with van der Waals surface area (Å²) in [7, 11) is 1.56. The third-order valence-electron chi connectivity index (χ3n) is 3.56. The van der Waals surface area contributed by atoms with Gasteiger partial charge >= 0.3 is 0 Å². The maximum Gasteiger partial charge on any atom is 0.160 e. The highest BCUT2D eigenvalue weighted by molar-refractivity contribution is 5.41. The number of methoxy groups -OCH3 is 1. The summed E-state index contributed by atoms with van der Waals surface area (Å²) >= 11 is 0. The van der Waals surface area contributed by atoms with Crippen LogP contribution in [0.15, 0.2) is 42.5 Å². The Morgan fingerprint density at radius 3 is 2.37 bits per heavy atom. The average Bonchev–Trinajstić information content (AvgIpc) is 2.81. The Balaban J connectivity index is 1.72. The van der Waals surface area contributed by atoms with Crippen molar-refractivity contribution in [3.05, 3.63) is 59.2 Å². The molecule has 3 rings (SSSR count). The molecule has 0 atom stereocenters. The van der Waals surface area contributed by atoms with Crippen LogP contribution >= 0.6 is 0 Å². The number of benzene rings is 2. The molecule has 0 saturated carbocycles. The Labute approximate surface area is 113 Å². The van der Waals surface area contributed by atoms with Gasteiger partial charge in [0.1, 0.15) is 0 Å². The van der Waals surface area contributed by atoms with Gasteiger partial charge < -0.3 is 9.84 Å². The van der Waals surface area contributed by atoms with Crippen molar-refractivity contribution in [3.63, 3.8) is 0 Å². The molecule has 3 nitrogen and oxygen atoms in total. The van der Waals surface area contributed by atoms with Gasteiger partial charge in [-0.2, -0.15) is 0 Å². The van der Waals surface area contributed by atoms with Crippen LogP contribution < -0.4 is 4.74 Å². The zero-order valence-corrected chi connectivity index (χ0v) is 11.0. The lowest BCUT2D eigenvalue weighted by atomic mass is 10.1. The first-order valence-electron chi connectivity index (χ1n) is 6.41. The lowest BCUT2D eigenvalue weighted by Gasteiger charge is -2.15. The number of phenols is 1. The molecule has 2 aromatic carbocycles. The van der Waals surface area contributed by atoms with Gasteiger partial charge in [-0.1, -0.05) is 30.3 Å². The molecule has 1 aliphatic heterocycles. The van der Waals surface area contributed by atoms with E-state index in [0.29, 0.717) is 5.75 Å². The fraction of sp³-hybridized carbons (Fsp3) is 0.250. The van der Waals surface area contributed by atoms with Gasteiger partial charge in [-0.15, -0.1) is 0 Å². The van der Waals surface area contributed by atoms with E-state index in [-0.39, 0.29) is 5.75 Å². The van der Waals surface area contributed by atoms with Gasteiger partial charge in [0.25, 0.3) is 0 Å². The van der Waals surface area contributed by atoms with Gasteiger partial charge in [-0.3, -0.25) is 4.90 Å². The van der Waals surface area contributed by atoms with Crippen LogP contribution in [0.5, 0.6) is 11.5 Å². The SMILES string of the molecule is COc1ccc(CN2Cc3ccccc3C2)cc1O. The molecule has 3 heteroatoms. The molecule has 98 valence electrons. The largest absolute Gasteiger partial charge is 0.504 e. The van der Waals surface area contributed by atoms with Crippen molar-refractivity contribution in [2.75, 3.05) is 7.11 Å². The lowest BCUT2D eigenvalue weighted by Crippen LogP contribution is -2.15. The van der Waals surface area contributed by atoms with Crippen LogP contribution in [0, 0.1) is 0 Å². The second-order valence-electron chi connectivity index (χ2n) is 4.92. The fourth-order valence-corrected chi connectivity index (χ4v) is 2.61. The monoisotopic (exact) mass is 255 g/mol. The zero-order valence-electron chi connectivity index (χ0n) is 11.0. The number of aromatic hydroxyl groups is 1. The van der Waals surface area contributed by atoms with Gasteiger partial charge in [0.2, 0.25) is 0 Å². The van der Waals surface area contributed by atoms with Gasteiger partial charge in [0, 0.05) is 19.6 Å². The molecule has 2 aromatic rings. The molecule has 19 heavy (non-hydrogen) atoms. The minimum absolute atomic E-state index is 0.205. The third kappa shape index (κ3) is 2.42. The Morgan fingerprint density at radius 2 is 1.79 bits per heavy atom. The summed E-state index contributed by atoms with van der Waals surface area (Å²) in [5.41, 5.74) is 3.91. The summed E-state index contributed by atoms with van der Waals surface area (Å²) in [5.74, 6) is 0.727. The summed E-state index contributed by atoms with van der Waals surface area (Å²) in [6, 6.07) is 14.1. The first-order chi connectivity index (χ1) is 9.26. The van der Waals surface area contributed by atoms with E-state index < -0.39 is 0 Å². The number of hydrogen-bond donors (Lipinski definition) is 1. The molecule has 0 amide bonds. The van der Waals surface area contributed by atoms with Gasteiger partial charge in [-0.25, -0.2) is 0 Å². The highest BCUT2D eigenvalue weighted by Gasteiger charge is 2.18. The predicted molar refractivity (Wildman–Crippen MR) is 74.1 cm³/mol. The Hall–Kier alpha value is -2.00. The van der Waals surface area contributed by atoms with E-state index in [1.807, 2.05) is 12.1 Å². The van der Waals surface area contributed by atoms with Gasteiger partial charge in [0.05, 0.1) is 7.11 Å². The first-order valence-corrected chi connectivity index (χ1v) is 6.41. The summed E-state index contributed by atoms with van der Waals surface area (Å²) in [6.45, 7) is 2.79. The second kappa shape index (κ2) is 4.94. The van der Waals surface area contributed by atoms with E-state index in [1.54, 1.807) is 13.2 Å². The molecule has 0 unspecified atom stereocenters. The molecule has 0 aliphatic carbocycles. The summed E-state index contributed by atoms with van der Waals surface area (Å²) in [5, 5.41) is 9.80. The lowest BCUT2D eigenvalue weighted by molar-refractivity contribution is 0.274. The molecule has 0 bridgehead atoms. The van der Waals surface area contributed by atoms with Crippen LogP contribution in [0.4, 0.5) is 0 Å². The first kappa shape index (κ1) is 12.1. The van der Waals surface area contributed by atoms with Gasteiger partial charge in [0.15, 0.2) is 11.5 Å². The van der Waals surface area contributed by atoms with Gasteiger partial charge in [-0.05, 0) is 28.8 Å². The number of nitrogens with zero attached hydrogens (tertiary/aromatic N) is 1. The molecule has 1 N–H and O–H groups in total. The van der Waals surface area contributed by atoms with Crippen LogP contribution in [0.1, 0.15) is 16.7 Å². The Kier molecular flexibility index (Phi) is 3.13. The quantitative estimate of drug-likeness (QED) is 0.915. The highest BCUT2D eigenvalue weighted by Crippen LogP contribution is 2.29. The molecule has 1 aliphatic rings. The van der Waals surface area contributed by atoms with Crippen molar-refractivity contribution in [2.45, 2.75) is 19.6 Å². The zero-order chi connectivity index (χ0) is 13.2. The predicted octanol–water partition coefficient (Wildman–Crippen LogP) is 2.92. The van der Waals surface area contributed by atoms with Crippen molar-refractivity contribution < 1.29 is 9.84 Å². The van der Waals surface area contributed by atoms with E-state index in [4.69, 9.17) is 4.74 Å². The molecule has 0 radical (unpaired) electrons. The molecular formula is C16H17NO2. The molecule has 0 saturated heterocycles. The molecular weight excluding hydrogens is 238 g/mol. The Morgan fingerprint density at radius 1 is 1.11 bits per heavy atom. The van der Waals surface area contributed by atoms with Crippen LogP contribution in [-0.2, 0) is 19.6 Å². The minimum atomic E-state index is 0.205. The number of hydrogen-bond acceptors (Lipinski definition) is 3. The van der Waals surface area contributed by atoms with E-state index in [1.165, 1.54) is 11.1 Å². The Bertz CT molecular complexity index is 570. The fourth-order valence-electron chi connectivity index (χ4n) is 2.61. The average molecular weight is 255 g/mol. The van der Waals surface area contributed by atoms with Crippen LogP contribution in [0.3, 0.4) is 0 Å². The number of ether oxygens (including phenoxy) is 1. The molecule has 0 fully saturated rings. The topological polar surface area (TPSA) is 32.7 Å². The third-order valence-corrected chi connectivity index (χ3v) is 3.56. The standard InChI is InChI=1S/C16H17NO2/c1-19-16-7-6-12(8-15(16)18)9-17-10-13-4-2-3-5-14(13)11-17/h2-8,18H,9-11H2,1H3. The molecule has 0 spiro atoms. The highest BCUT2D eigenvalue weighted by atomic mass is 16.5. The number of rotatable bonds is 3. The normalized spacial score (nSPS) is 14.4. The maximum absolute atomic E-state index is 9.80. The smallest absolute Gasteiger partial charge is 0.160 e. The van der Waals surface area contributed by atoms with E-state index in [2.05, 4.69) is 29.2 Å².